The monoisotopic (exact) mass is 301 g/mol. The number of benzene rings is 1. The molecule has 2 aromatic rings. The molecule has 0 saturated carbocycles. The molecule has 0 unspecified atom stereocenters. The molecular formula is C15H15N3O2S. The van der Waals surface area contributed by atoms with Gasteiger partial charge in [-0.2, -0.15) is 0 Å². The molecule has 1 aromatic carbocycles. The molecule has 5 nitrogen and oxygen atoms in total. The van der Waals surface area contributed by atoms with Gasteiger partial charge in [-0.1, -0.05) is 24.3 Å². The second-order valence-electron chi connectivity index (χ2n) is 4.17. The SMILES string of the molecule is O=C(CSCC(=O)Nc1ccccn1)Nc1ccccc1. The van der Waals surface area contributed by atoms with Crippen LogP contribution in [-0.2, 0) is 9.59 Å². The van der Waals surface area contributed by atoms with E-state index in [0.29, 0.717) is 5.82 Å². The van der Waals surface area contributed by atoms with Crippen LogP contribution in [0.4, 0.5) is 11.5 Å². The molecule has 0 radical (unpaired) electrons. The lowest BCUT2D eigenvalue weighted by Crippen LogP contribution is -2.18. The van der Waals surface area contributed by atoms with Gasteiger partial charge >= 0.3 is 0 Å². The summed E-state index contributed by atoms with van der Waals surface area (Å²) < 4.78 is 0. The van der Waals surface area contributed by atoms with Crippen molar-refractivity contribution >= 4 is 35.1 Å². The number of anilines is 2. The fourth-order valence-corrected chi connectivity index (χ4v) is 2.19. The molecule has 1 aromatic heterocycles. The van der Waals surface area contributed by atoms with Crippen molar-refractivity contribution in [2.24, 2.45) is 0 Å². The van der Waals surface area contributed by atoms with E-state index in [1.165, 1.54) is 11.8 Å². The summed E-state index contributed by atoms with van der Waals surface area (Å²) in [7, 11) is 0. The second kappa shape index (κ2) is 8.06. The van der Waals surface area contributed by atoms with Crippen LogP contribution in [-0.4, -0.2) is 28.3 Å². The summed E-state index contributed by atoms with van der Waals surface area (Å²) in [6, 6.07) is 14.5. The number of rotatable bonds is 6. The fraction of sp³-hybridized carbons (Fsp3) is 0.133. The lowest BCUT2D eigenvalue weighted by Gasteiger charge is -2.05. The van der Waals surface area contributed by atoms with Crippen molar-refractivity contribution in [2.75, 3.05) is 22.1 Å². The predicted octanol–water partition coefficient (Wildman–Crippen LogP) is 2.39. The molecule has 0 bridgehead atoms. The molecule has 0 spiro atoms. The van der Waals surface area contributed by atoms with E-state index in [0.717, 1.165) is 5.69 Å². The summed E-state index contributed by atoms with van der Waals surface area (Å²) in [5.41, 5.74) is 0.751. The summed E-state index contributed by atoms with van der Waals surface area (Å²) in [4.78, 5) is 27.3. The Balaban J connectivity index is 1.67. The zero-order valence-corrected chi connectivity index (χ0v) is 12.1. The minimum absolute atomic E-state index is 0.128. The number of hydrogen-bond acceptors (Lipinski definition) is 4. The van der Waals surface area contributed by atoms with Crippen LogP contribution < -0.4 is 10.6 Å². The molecule has 0 aliphatic rings. The van der Waals surface area contributed by atoms with Gasteiger partial charge < -0.3 is 10.6 Å². The van der Waals surface area contributed by atoms with Crippen molar-refractivity contribution in [1.29, 1.82) is 0 Å². The molecule has 21 heavy (non-hydrogen) atoms. The van der Waals surface area contributed by atoms with Gasteiger partial charge in [0.2, 0.25) is 11.8 Å². The molecule has 0 atom stereocenters. The highest BCUT2D eigenvalue weighted by molar-refractivity contribution is 8.00. The Morgan fingerprint density at radius 3 is 2.24 bits per heavy atom. The topological polar surface area (TPSA) is 71.1 Å². The number of hydrogen-bond donors (Lipinski definition) is 2. The van der Waals surface area contributed by atoms with Crippen LogP contribution >= 0.6 is 11.8 Å². The summed E-state index contributed by atoms with van der Waals surface area (Å²) in [5, 5.41) is 5.42. The second-order valence-corrected chi connectivity index (χ2v) is 5.16. The summed E-state index contributed by atoms with van der Waals surface area (Å²) in [5.74, 6) is 0.642. The van der Waals surface area contributed by atoms with Crippen LogP contribution in [0.15, 0.2) is 54.7 Å². The normalized spacial score (nSPS) is 9.90. The van der Waals surface area contributed by atoms with E-state index >= 15 is 0 Å². The maximum absolute atomic E-state index is 11.7. The van der Waals surface area contributed by atoms with Gasteiger partial charge in [0.05, 0.1) is 11.5 Å². The third-order valence-electron chi connectivity index (χ3n) is 2.46. The van der Waals surface area contributed by atoms with Gasteiger partial charge in [-0.05, 0) is 24.3 Å². The standard InChI is InChI=1S/C15H15N3O2S/c19-14(17-12-6-2-1-3-7-12)10-21-11-15(20)18-13-8-4-5-9-16-13/h1-9H,10-11H2,(H,17,19)(H,16,18,20). The number of thioether (sulfide) groups is 1. The molecule has 0 fully saturated rings. The zero-order chi connectivity index (χ0) is 14.9. The Morgan fingerprint density at radius 1 is 0.905 bits per heavy atom. The van der Waals surface area contributed by atoms with Crippen LogP contribution in [0.5, 0.6) is 0 Å². The smallest absolute Gasteiger partial charge is 0.235 e. The minimum Gasteiger partial charge on any atom is -0.325 e. The lowest BCUT2D eigenvalue weighted by molar-refractivity contribution is -0.114. The Hall–Kier alpha value is -2.34. The number of nitrogens with zero attached hydrogens (tertiary/aromatic N) is 1. The van der Waals surface area contributed by atoms with Crippen molar-refractivity contribution in [3.05, 3.63) is 54.7 Å². The van der Waals surface area contributed by atoms with Gasteiger partial charge in [0.15, 0.2) is 0 Å². The molecule has 1 heterocycles. The number of aromatic nitrogens is 1. The Bertz CT molecular complexity index is 537. The maximum atomic E-state index is 11.7. The van der Waals surface area contributed by atoms with E-state index in [2.05, 4.69) is 15.6 Å². The van der Waals surface area contributed by atoms with Crippen molar-refractivity contribution in [1.82, 2.24) is 4.98 Å². The Kier molecular flexibility index (Phi) is 5.78. The van der Waals surface area contributed by atoms with Crippen LogP contribution in [0.2, 0.25) is 0 Å². The van der Waals surface area contributed by atoms with E-state index in [4.69, 9.17) is 0 Å². The average molecular weight is 301 g/mol. The third-order valence-corrected chi connectivity index (χ3v) is 3.39. The first-order valence-corrected chi connectivity index (χ1v) is 7.53. The number of carbonyl (C=O) groups excluding carboxylic acids is 2. The van der Waals surface area contributed by atoms with Crippen molar-refractivity contribution in [2.45, 2.75) is 0 Å². The molecule has 2 amide bonds. The van der Waals surface area contributed by atoms with Gasteiger partial charge in [-0.3, -0.25) is 9.59 Å². The zero-order valence-electron chi connectivity index (χ0n) is 11.3. The quantitative estimate of drug-likeness (QED) is 0.859. The molecule has 0 aliphatic carbocycles. The first-order chi connectivity index (χ1) is 10.2. The van der Waals surface area contributed by atoms with Crippen molar-refractivity contribution < 1.29 is 9.59 Å². The third kappa shape index (κ3) is 5.66. The van der Waals surface area contributed by atoms with Gasteiger partial charge in [0, 0.05) is 11.9 Å². The summed E-state index contributed by atoms with van der Waals surface area (Å²) >= 11 is 1.26. The van der Waals surface area contributed by atoms with E-state index in [9.17, 15) is 9.59 Å². The number of nitrogens with one attached hydrogen (secondary N) is 2. The van der Waals surface area contributed by atoms with E-state index in [1.54, 1.807) is 24.4 Å². The van der Waals surface area contributed by atoms with E-state index < -0.39 is 0 Å². The molecule has 108 valence electrons. The number of amides is 2. The van der Waals surface area contributed by atoms with Crippen LogP contribution in [0.1, 0.15) is 0 Å². The van der Waals surface area contributed by atoms with Gasteiger partial charge in [0.25, 0.3) is 0 Å². The number of carbonyl (C=O) groups is 2. The number of para-hydroxylation sites is 1. The molecule has 6 heteroatoms. The largest absolute Gasteiger partial charge is 0.325 e. The molecule has 2 rings (SSSR count). The van der Waals surface area contributed by atoms with Crippen molar-refractivity contribution in [3.63, 3.8) is 0 Å². The first-order valence-electron chi connectivity index (χ1n) is 6.37. The molecular weight excluding hydrogens is 286 g/mol. The first kappa shape index (κ1) is 15.1. The van der Waals surface area contributed by atoms with Crippen LogP contribution in [0.25, 0.3) is 0 Å². The maximum Gasteiger partial charge on any atom is 0.235 e. The Labute approximate surface area is 127 Å². The van der Waals surface area contributed by atoms with Gasteiger partial charge in [-0.15, -0.1) is 11.8 Å². The minimum atomic E-state index is -0.175. The Morgan fingerprint density at radius 2 is 1.57 bits per heavy atom. The highest BCUT2D eigenvalue weighted by Gasteiger charge is 2.06. The van der Waals surface area contributed by atoms with E-state index in [-0.39, 0.29) is 23.3 Å². The van der Waals surface area contributed by atoms with Gasteiger partial charge in [0.1, 0.15) is 5.82 Å². The predicted molar refractivity (Wildman–Crippen MR) is 85.3 cm³/mol. The van der Waals surface area contributed by atoms with Crippen molar-refractivity contribution in [3.8, 4) is 0 Å². The van der Waals surface area contributed by atoms with Crippen LogP contribution in [0.3, 0.4) is 0 Å². The summed E-state index contributed by atoms with van der Waals surface area (Å²) in [6.45, 7) is 0. The molecule has 0 aliphatic heterocycles. The van der Waals surface area contributed by atoms with Crippen LogP contribution in [0, 0.1) is 0 Å². The molecule has 2 N–H and O–H groups in total. The highest BCUT2D eigenvalue weighted by Crippen LogP contribution is 2.08. The highest BCUT2D eigenvalue weighted by atomic mass is 32.2. The lowest BCUT2D eigenvalue weighted by atomic mass is 10.3. The van der Waals surface area contributed by atoms with E-state index in [1.807, 2.05) is 30.3 Å². The number of pyridine rings is 1. The summed E-state index contributed by atoms with van der Waals surface area (Å²) in [6.07, 6.45) is 1.61. The average Bonchev–Trinajstić information content (AvgIpc) is 2.49. The fourth-order valence-electron chi connectivity index (χ4n) is 1.57. The van der Waals surface area contributed by atoms with Gasteiger partial charge in [-0.25, -0.2) is 4.98 Å². The molecule has 0 saturated heterocycles.